The molecule has 0 spiro atoms. The average Bonchev–Trinajstić information content (AvgIpc) is 3.01. The maximum atomic E-state index is 13.0. The molecule has 1 amide bonds. The summed E-state index contributed by atoms with van der Waals surface area (Å²) in [4.78, 5) is 19.0. The van der Waals surface area contributed by atoms with Crippen LogP contribution in [0.4, 0.5) is 0 Å². The molecule has 1 fully saturated rings. The van der Waals surface area contributed by atoms with Crippen molar-refractivity contribution in [3.05, 3.63) is 41.3 Å². The van der Waals surface area contributed by atoms with Crippen LogP contribution in [0.5, 0.6) is 5.88 Å². The van der Waals surface area contributed by atoms with Gasteiger partial charge in [-0.2, -0.15) is 5.10 Å². The Labute approximate surface area is 134 Å². The molecule has 1 N–H and O–H groups in total. The van der Waals surface area contributed by atoms with E-state index in [1.807, 2.05) is 13.8 Å². The number of H-pyrrole nitrogens is 1. The summed E-state index contributed by atoms with van der Waals surface area (Å²) in [5.74, 6) is 0.260. The molecule has 1 unspecified atom stereocenters. The van der Waals surface area contributed by atoms with Crippen molar-refractivity contribution in [2.45, 2.75) is 19.9 Å². The Balaban J connectivity index is 1.92. The number of nitrogens with one attached hydrogen (secondary N) is 1. The van der Waals surface area contributed by atoms with Gasteiger partial charge in [-0.25, -0.2) is 4.98 Å². The number of carbonyl (C=O) groups is 1. The van der Waals surface area contributed by atoms with Crippen molar-refractivity contribution in [3.8, 4) is 5.88 Å². The largest absolute Gasteiger partial charge is 0.477 e. The summed E-state index contributed by atoms with van der Waals surface area (Å²) in [7, 11) is 0. The number of hydrogen-bond donors (Lipinski definition) is 1. The number of ether oxygens (including phenoxy) is 2. The van der Waals surface area contributed by atoms with Crippen LogP contribution >= 0.6 is 0 Å². The predicted octanol–water partition coefficient (Wildman–Crippen LogP) is 1.73. The van der Waals surface area contributed by atoms with Crippen LogP contribution in [0.3, 0.4) is 0 Å². The van der Waals surface area contributed by atoms with Crippen molar-refractivity contribution >= 4 is 5.91 Å². The van der Waals surface area contributed by atoms with Gasteiger partial charge in [0.25, 0.3) is 5.91 Å². The van der Waals surface area contributed by atoms with Gasteiger partial charge >= 0.3 is 0 Å². The average molecular weight is 316 g/mol. The summed E-state index contributed by atoms with van der Waals surface area (Å²) in [6, 6.07) is 3.30. The lowest BCUT2D eigenvalue weighted by atomic mass is 10.1. The van der Waals surface area contributed by atoms with E-state index in [-0.39, 0.29) is 11.9 Å². The van der Waals surface area contributed by atoms with E-state index in [4.69, 9.17) is 9.47 Å². The monoisotopic (exact) mass is 316 g/mol. The molecule has 1 saturated heterocycles. The molecule has 0 radical (unpaired) electrons. The highest BCUT2D eigenvalue weighted by Crippen LogP contribution is 2.28. The van der Waals surface area contributed by atoms with Crippen LogP contribution < -0.4 is 4.74 Å². The Morgan fingerprint density at radius 1 is 1.57 bits per heavy atom. The number of hydrogen-bond acceptors (Lipinski definition) is 5. The summed E-state index contributed by atoms with van der Waals surface area (Å²) < 4.78 is 11.1. The predicted molar refractivity (Wildman–Crippen MR) is 83.3 cm³/mol. The minimum atomic E-state index is -0.187. The minimum Gasteiger partial charge on any atom is -0.477 e. The number of aromatic amines is 1. The fraction of sp³-hybridized carbons (Fsp3) is 0.438. The molecule has 0 saturated carbocycles. The molecule has 7 nitrogen and oxygen atoms in total. The molecule has 122 valence electrons. The maximum absolute atomic E-state index is 13.0. The zero-order chi connectivity index (χ0) is 16.2. The van der Waals surface area contributed by atoms with Crippen LogP contribution in [-0.2, 0) is 4.74 Å². The van der Waals surface area contributed by atoms with E-state index in [2.05, 4.69) is 15.2 Å². The normalized spacial score (nSPS) is 18.0. The van der Waals surface area contributed by atoms with Crippen molar-refractivity contribution in [3.63, 3.8) is 0 Å². The topological polar surface area (TPSA) is 80.3 Å². The van der Waals surface area contributed by atoms with E-state index in [1.165, 1.54) is 0 Å². The zero-order valence-electron chi connectivity index (χ0n) is 13.3. The van der Waals surface area contributed by atoms with Crippen LogP contribution in [0.15, 0.2) is 24.5 Å². The number of aromatic nitrogens is 3. The molecular weight excluding hydrogens is 296 g/mol. The van der Waals surface area contributed by atoms with E-state index in [0.717, 1.165) is 11.3 Å². The zero-order valence-corrected chi connectivity index (χ0v) is 13.3. The highest BCUT2D eigenvalue weighted by atomic mass is 16.5. The summed E-state index contributed by atoms with van der Waals surface area (Å²) in [6.45, 7) is 5.77. The van der Waals surface area contributed by atoms with Crippen LogP contribution in [0, 0.1) is 6.92 Å². The fourth-order valence-corrected chi connectivity index (χ4v) is 2.74. The number of carbonyl (C=O) groups excluding carboxylic acids is 1. The Bertz CT molecular complexity index is 685. The van der Waals surface area contributed by atoms with Gasteiger partial charge in [-0.05, 0) is 31.5 Å². The second-order valence-corrected chi connectivity index (χ2v) is 5.35. The third kappa shape index (κ3) is 3.05. The van der Waals surface area contributed by atoms with E-state index in [9.17, 15) is 4.79 Å². The van der Waals surface area contributed by atoms with Gasteiger partial charge in [-0.15, -0.1) is 0 Å². The Morgan fingerprint density at radius 2 is 2.43 bits per heavy atom. The van der Waals surface area contributed by atoms with Crippen LogP contribution in [0.1, 0.15) is 34.6 Å². The third-order valence-corrected chi connectivity index (χ3v) is 3.87. The van der Waals surface area contributed by atoms with Gasteiger partial charge in [0.1, 0.15) is 5.56 Å². The number of aryl methyl sites for hydroxylation is 1. The van der Waals surface area contributed by atoms with E-state index in [1.54, 1.807) is 29.4 Å². The Kier molecular flexibility index (Phi) is 4.57. The van der Waals surface area contributed by atoms with Gasteiger partial charge in [0, 0.05) is 12.7 Å². The molecule has 0 aromatic carbocycles. The van der Waals surface area contributed by atoms with Gasteiger partial charge in [0.2, 0.25) is 5.88 Å². The highest BCUT2D eigenvalue weighted by molar-refractivity contribution is 5.96. The van der Waals surface area contributed by atoms with Gasteiger partial charge in [0.15, 0.2) is 0 Å². The third-order valence-electron chi connectivity index (χ3n) is 3.87. The first-order chi connectivity index (χ1) is 11.2. The SMILES string of the molecule is CCOc1ncccc1C(=O)N1CCOCC1c1[nH]ncc1C. The van der Waals surface area contributed by atoms with Gasteiger partial charge in [-0.3, -0.25) is 9.89 Å². The number of pyridine rings is 1. The van der Waals surface area contributed by atoms with Crippen LogP contribution in [0.25, 0.3) is 0 Å². The lowest BCUT2D eigenvalue weighted by Crippen LogP contribution is -2.44. The van der Waals surface area contributed by atoms with Crippen molar-refractivity contribution < 1.29 is 14.3 Å². The smallest absolute Gasteiger partial charge is 0.260 e. The standard InChI is InChI=1S/C16H20N4O3/c1-3-23-15-12(5-4-6-17-15)16(21)20-7-8-22-10-13(20)14-11(2)9-18-19-14/h4-6,9,13H,3,7-8,10H2,1-2H3,(H,18,19). The van der Waals surface area contributed by atoms with Crippen molar-refractivity contribution in [2.24, 2.45) is 0 Å². The molecule has 3 rings (SSSR count). The van der Waals surface area contributed by atoms with E-state index < -0.39 is 0 Å². The fourth-order valence-electron chi connectivity index (χ4n) is 2.74. The molecule has 1 aliphatic rings. The summed E-state index contributed by atoms with van der Waals surface area (Å²) >= 11 is 0. The minimum absolute atomic E-state index is 0.108. The first-order valence-electron chi connectivity index (χ1n) is 7.68. The molecule has 2 aromatic heterocycles. The molecule has 1 aliphatic heterocycles. The van der Waals surface area contributed by atoms with Gasteiger partial charge in [-0.1, -0.05) is 0 Å². The molecule has 23 heavy (non-hydrogen) atoms. The summed E-state index contributed by atoms with van der Waals surface area (Å²) in [5.41, 5.74) is 2.38. The van der Waals surface area contributed by atoms with Gasteiger partial charge in [0.05, 0.1) is 37.8 Å². The first kappa shape index (κ1) is 15.5. The lowest BCUT2D eigenvalue weighted by molar-refractivity contribution is -0.00428. The second kappa shape index (κ2) is 6.78. The second-order valence-electron chi connectivity index (χ2n) is 5.35. The summed E-state index contributed by atoms with van der Waals surface area (Å²) in [5, 5.41) is 7.04. The van der Waals surface area contributed by atoms with E-state index in [0.29, 0.717) is 37.8 Å². The molecule has 3 heterocycles. The van der Waals surface area contributed by atoms with Gasteiger partial charge < -0.3 is 14.4 Å². The Hall–Kier alpha value is -2.41. The highest BCUT2D eigenvalue weighted by Gasteiger charge is 2.32. The molecule has 7 heteroatoms. The molecular formula is C16H20N4O3. The molecule has 0 aliphatic carbocycles. The van der Waals surface area contributed by atoms with Crippen LogP contribution in [0.2, 0.25) is 0 Å². The number of rotatable bonds is 4. The first-order valence-corrected chi connectivity index (χ1v) is 7.68. The Morgan fingerprint density at radius 3 is 3.17 bits per heavy atom. The lowest BCUT2D eigenvalue weighted by Gasteiger charge is -2.35. The number of morpholine rings is 1. The molecule has 2 aromatic rings. The number of amides is 1. The van der Waals surface area contributed by atoms with E-state index >= 15 is 0 Å². The molecule has 0 bridgehead atoms. The molecule has 1 atom stereocenters. The van der Waals surface area contributed by atoms with Crippen LogP contribution in [-0.4, -0.2) is 52.4 Å². The summed E-state index contributed by atoms with van der Waals surface area (Å²) in [6.07, 6.45) is 3.37. The van der Waals surface area contributed by atoms with Crippen molar-refractivity contribution in [2.75, 3.05) is 26.4 Å². The van der Waals surface area contributed by atoms with Crippen molar-refractivity contribution in [1.29, 1.82) is 0 Å². The quantitative estimate of drug-likeness (QED) is 0.929. The van der Waals surface area contributed by atoms with Crippen molar-refractivity contribution in [1.82, 2.24) is 20.1 Å². The number of nitrogens with zero attached hydrogens (tertiary/aromatic N) is 3. The maximum Gasteiger partial charge on any atom is 0.260 e.